The van der Waals surface area contributed by atoms with Gasteiger partial charge in [-0.25, -0.2) is 0 Å². The molecular formula is C15H22O. The van der Waals surface area contributed by atoms with E-state index in [1.54, 1.807) is 0 Å². The first-order valence-corrected chi connectivity index (χ1v) is 5.91. The Balaban J connectivity index is 2.75. The summed E-state index contributed by atoms with van der Waals surface area (Å²) in [6, 6.07) is 8.35. The molecule has 0 spiro atoms. The molecule has 16 heavy (non-hydrogen) atoms. The lowest BCUT2D eigenvalue weighted by molar-refractivity contribution is 0.162. The van der Waals surface area contributed by atoms with Gasteiger partial charge < -0.3 is 4.74 Å². The molecule has 0 bridgehead atoms. The summed E-state index contributed by atoms with van der Waals surface area (Å²) in [5, 5.41) is 0. The van der Waals surface area contributed by atoms with Gasteiger partial charge in [0.25, 0.3) is 0 Å². The van der Waals surface area contributed by atoms with E-state index in [4.69, 9.17) is 4.74 Å². The van der Waals surface area contributed by atoms with E-state index in [1.165, 1.54) is 12.0 Å². The van der Waals surface area contributed by atoms with Gasteiger partial charge in [-0.05, 0) is 50.0 Å². The average Bonchev–Trinajstić information content (AvgIpc) is 2.28. The Hall–Kier alpha value is -1.24. The van der Waals surface area contributed by atoms with Gasteiger partial charge in [0.15, 0.2) is 0 Å². The van der Waals surface area contributed by atoms with E-state index < -0.39 is 0 Å². The third-order valence-corrected chi connectivity index (χ3v) is 2.93. The number of hydrogen-bond acceptors (Lipinski definition) is 1. The van der Waals surface area contributed by atoms with Crippen molar-refractivity contribution in [3.05, 3.63) is 42.5 Å². The van der Waals surface area contributed by atoms with E-state index in [1.807, 2.05) is 32.1 Å². The average molecular weight is 218 g/mol. The molecule has 0 amide bonds. The number of benzene rings is 1. The zero-order chi connectivity index (χ0) is 12.2. The molecule has 1 nitrogen and oxygen atoms in total. The van der Waals surface area contributed by atoms with Crippen LogP contribution in [-0.4, -0.2) is 5.60 Å². The fourth-order valence-corrected chi connectivity index (χ4v) is 1.45. The van der Waals surface area contributed by atoms with Crippen molar-refractivity contribution in [2.24, 2.45) is 0 Å². The molecule has 1 aromatic carbocycles. The Kier molecular flexibility index (Phi) is 4.17. The Morgan fingerprint density at radius 2 is 1.88 bits per heavy atom. The largest absolute Gasteiger partial charge is 0.484 e. The van der Waals surface area contributed by atoms with E-state index in [0.29, 0.717) is 5.92 Å². The lowest BCUT2D eigenvalue weighted by Gasteiger charge is -2.22. The second-order valence-electron chi connectivity index (χ2n) is 4.79. The molecule has 0 saturated carbocycles. The maximum atomic E-state index is 5.80. The summed E-state index contributed by atoms with van der Waals surface area (Å²) in [4.78, 5) is 0. The van der Waals surface area contributed by atoms with Crippen molar-refractivity contribution in [3.8, 4) is 5.75 Å². The molecule has 0 heterocycles. The Bertz CT molecular complexity index is 335. The van der Waals surface area contributed by atoms with Crippen molar-refractivity contribution >= 4 is 0 Å². The fourth-order valence-electron chi connectivity index (χ4n) is 1.45. The lowest BCUT2D eigenvalue weighted by Crippen LogP contribution is -2.24. The van der Waals surface area contributed by atoms with Gasteiger partial charge in [-0.1, -0.05) is 32.6 Å². The number of ether oxygens (including phenoxy) is 1. The van der Waals surface area contributed by atoms with E-state index in [9.17, 15) is 0 Å². The van der Waals surface area contributed by atoms with E-state index in [2.05, 4.69) is 32.6 Å². The van der Waals surface area contributed by atoms with Crippen LogP contribution in [0, 0.1) is 0 Å². The third-order valence-electron chi connectivity index (χ3n) is 2.93. The van der Waals surface area contributed by atoms with Crippen LogP contribution in [0.3, 0.4) is 0 Å². The maximum Gasteiger partial charge on any atom is 0.121 e. The highest BCUT2D eigenvalue weighted by molar-refractivity contribution is 5.30. The van der Waals surface area contributed by atoms with E-state index in [-0.39, 0.29) is 5.60 Å². The van der Waals surface area contributed by atoms with E-state index in [0.717, 1.165) is 5.75 Å². The summed E-state index contributed by atoms with van der Waals surface area (Å²) in [7, 11) is 0. The molecule has 1 atom stereocenters. The normalized spacial score (nSPS) is 13.2. The van der Waals surface area contributed by atoms with Crippen LogP contribution in [0.25, 0.3) is 0 Å². The van der Waals surface area contributed by atoms with Crippen LogP contribution in [0.4, 0.5) is 0 Å². The third kappa shape index (κ3) is 3.41. The van der Waals surface area contributed by atoms with Crippen LogP contribution in [0.5, 0.6) is 5.75 Å². The van der Waals surface area contributed by atoms with Crippen molar-refractivity contribution in [2.75, 3.05) is 0 Å². The van der Waals surface area contributed by atoms with Crippen LogP contribution >= 0.6 is 0 Å². The number of hydrogen-bond donors (Lipinski definition) is 0. The molecule has 0 aliphatic carbocycles. The zero-order valence-electron chi connectivity index (χ0n) is 10.8. The molecule has 0 aliphatic heterocycles. The van der Waals surface area contributed by atoms with Crippen molar-refractivity contribution in [1.29, 1.82) is 0 Å². The fraction of sp³-hybridized carbons (Fsp3) is 0.467. The molecule has 0 N–H and O–H groups in total. The minimum absolute atomic E-state index is 0.308. The molecule has 0 aromatic heterocycles. The highest BCUT2D eigenvalue weighted by Crippen LogP contribution is 2.24. The first-order valence-electron chi connectivity index (χ1n) is 5.91. The highest BCUT2D eigenvalue weighted by atomic mass is 16.5. The topological polar surface area (TPSA) is 9.23 Å². The van der Waals surface area contributed by atoms with Crippen molar-refractivity contribution in [1.82, 2.24) is 0 Å². The minimum Gasteiger partial charge on any atom is -0.484 e. The summed E-state index contributed by atoms with van der Waals surface area (Å²) >= 11 is 0. The van der Waals surface area contributed by atoms with Crippen LogP contribution in [0.15, 0.2) is 36.9 Å². The standard InChI is InChI=1S/C15H22O/c1-6-12(3)13-8-10-14(11-9-13)16-15(4,5)7-2/h7-12H,2,6H2,1,3-5H3. The van der Waals surface area contributed by atoms with Crippen LogP contribution in [0.1, 0.15) is 45.6 Å². The molecule has 0 saturated heterocycles. The van der Waals surface area contributed by atoms with Crippen LogP contribution < -0.4 is 4.74 Å². The Morgan fingerprint density at radius 3 is 2.31 bits per heavy atom. The Morgan fingerprint density at radius 1 is 1.31 bits per heavy atom. The zero-order valence-corrected chi connectivity index (χ0v) is 10.8. The first-order chi connectivity index (χ1) is 7.48. The molecule has 0 radical (unpaired) electrons. The maximum absolute atomic E-state index is 5.80. The molecule has 1 heteroatoms. The predicted octanol–water partition coefficient (Wildman–Crippen LogP) is 4.54. The van der Waals surface area contributed by atoms with Crippen molar-refractivity contribution in [3.63, 3.8) is 0 Å². The van der Waals surface area contributed by atoms with Gasteiger partial charge in [-0.15, -0.1) is 0 Å². The second kappa shape index (κ2) is 5.20. The summed E-state index contributed by atoms with van der Waals surface area (Å²) in [5.41, 5.74) is 1.06. The summed E-state index contributed by atoms with van der Waals surface area (Å²) in [5.74, 6) is 1.51. The van der Waals surface area contributed by atoms with Gasteiger partial charge in [-0.2, -0.15) is 0 Å². The Labute approximate surface area is 99.1 Å². The van der Waals surface area contributed by atoms with Crippen LogP contribution in [-0.2, 0) is 0 Å². The van der Waals surface area contributed by atoms with Gasteiger partial charge in [0.2, 0.25) is 0 Å². The quantitative estimate of drug-likeness (QED) is 0.659. The van der Waals surface area contributed by atoms with Gasteiger partial charge >= 0.3 is 0 Å². The van der Waals surface area contributed by atoms with Gasteiger partial charge in [0, 0.05) is 0 Å². The molecule has 1 aromatic rings. The van der Waals surface area contributed by atoms with Gasteiger partial charge in [0.1, 0.15) is 11.4 Å². The van der Waals surface area contributed by atoms with E-state index >= 15 is 0 Å². The van der Waals surface area contributed by atoms with Crippen molar-refractivity contribution < 1.29 is 4.74 Å². The van der Waals surface area contributed by atoms with Gasteiger partial charge in [0.05, 0.1) is 0 Å². The molecule has 88 valence electrons. The molecule has 1 rings (SSSR count). The smallest absolute Gasteiger partial charge is 0.121 e. The SMILES string of the molecule is C=CC(C)(C)Oc1ccc(C(C)CC)cc1. The molecule has 0 fully saturated rings. The summed E-state index contributed by atoms with van der Waals surface area (Å²) in [6.07, 6.45) is 2.98. The predicted molar refractivity (Wildman–Crippen MR) is 70.1 cm³/mol. The number of rotatable bonds is 5. The minimum atomic E-state index is -0.308. The van der Waals surface area contributed by atoms with Crippen LogP contribution in [0.2, 0.25) is 0 Å². The monoisotopic (exact) mass is 218 g/mol. The van der Waals surface area contributed by atoms with Gasteiger partial charge in [-0.3, -0.25) is 0 Å². The molecule has 0 aliphatic rings. The first kappa shape index (κ1) is 12.8. The summed E-state index contributed by atoms with van der Waals surface area (Å²) in [6.45, 7) is 12.2. The molecular weight excluding hydrogens is 196 g/mol. The highest BCUT2D eigenvalue weighted by Gasteiger charge is 2.14. The second-order valence-corrected chi connectivity index (χ2v) is 4.79. The molecule has 1 unspecified atom stereocenters. The van der Waals surface area contributed by atoms with Crippen molar-refractivity contribution in [2.45, 2.75) is 45.6 Å². The summed E-state index contributed by atoms with van der Waals surface area (Å²) < 4.78 is 5.80. The lowest BCUT2D eigenvalue weighted by atomic mass is 9.99.